The van der Waals surface area contributed by atoms with Crippen molar-refractivity contribution in [2.75, 3.05) is 20.1 Å². The van der Waals surface area contributed by atoms with Gasteiger partial charge in [0.25, 0.3) is 6.43 Å². The molecule has 0 heterocycles. The molecule has 4 heteroatoms. The molecule has 0 saturated heterocycles. The van der Waals surface area contributed by atoms with Gasteiger partial charge in [-0.05, 0) is 14.0 Å². The van der Waals surface area contributed by atoms with Crippen LogP contribution in [0.15, 0.2) is 0 Å². The van der Waals surface area contributed by atoms with Crippen molar-refractivity contribution in [2.24, 2.45) is 5.41 Å². The van der Waals surface area contributed by atoms with E-state index in [1.54, 1.807) is 20.9 Å². The van der Waals surface area contributed by atoms with Gasteiger partial charge in [0.15, 0.2) is 0 Å². The molecule has 0 atom stereocenters. The molecular weight excluding hydrogens is 176 g/mol. The average Bonchev–Trinajstić information content (AvgIpc) is 1.82. The van der Waals surface area contributed by atoms with Crippen molar-refractivity contribution in [1.82, 2.24) is 4.90 Å². The molecule has 0 amide bonds. The number of alkyl halides is 2. The summed E-state index contributed by atoms with van der Waals surface area (Å²) in [7, 11) is 1.59. The van der Waals surface area contributed by atoms with E-state index in [0.717, 1.165) is 0 Å². The van der Waals surface area contributed by atoms with E-state index < -0.39 is 11.8 Å². The number of ketones is 1. The first-order valence-electron chi connectivity index (χ1n) is 4.23. The Morgan fingerprint density at radius 3 is 2.23 bits per heavy atom. The second-order valence-corrected chi connectivity index (χ2v) is 4.03. The molecule has 13 heavy (non-hydrogen) atoms. The molecular formula is C9H17F2NO. The molecule has 0 aliphatic carbocycles. The zero-order valence-corrected chi connectivity index (χ0v) is 8.60. The SMILES string of the molecule is CC(=O)C(C)(C)CN(C)CC(F)F. The zero-order chi connectivity index (χ0) is 10.6. The van der Waals surface area contributed by atoms with Crippen LogP contribution in [0.25, 0.3) is 0 Å². The van der Waals surface area contributed by atoms with Crippen molar-refractivity contribution < 1.29 is 13.6 Å². The van der Waals surface area contributed by atoms with Crippen LogP contribution < -0.4 is 0 Å². The van der Waals surface area contributed by atoms with E-state index in [0.29, 0.717) is 6.54 Å². The molecule has 0 bridgehead atoms. The van der Waals surface area contributed by atoms with Crippen LogP contribution in [-0.4, -0.2) is 37.2 Å². The molecule has 0 rings (SSSR count). The van der Waals surface area contributed by atoms with Crippen LogP contribution in [0.2, 0.25) is 0 Å². The van der Waals surface area contributed by atoms with Crippen molar-refractivity contribution in [3.63, 3.8) is 0 Å². The Morgan fingerprint density at radius 2 is 1.92 bits per heavy atom. The van der Waals surface area contributed by atoms with Crippen molar-refractivity contribution >= 4 is 5.78 Å². The number of hydrogen-bond acceptors (Lipinski definition) is 2. The van der Waals surface area contributed by atoms with E-state index in [4.69, 9.17) is 0 Å². The normalized spacial score (nSPS) is 12.6. The molecule has 0 aromatic rings. The summed E-state index contributed by atoms with van der Waals surface area (Å²) in [6.07, 6.45) is -2.34. The summed E-state index contributed by atoms with van der Waals surface area (Å²) in [6.45, 7) is 5.09. The fourth-order valence-corrected chi connectivity index (χ4v) is 1.09. The van der Waals surface area contributed by atoms with E-state index in [2.05, 4.69) is 0 Å². The van der Waals surface area contributed by atoms with Gasteiger partial charge in [0.1, 0.15) is 5.78 Å². The van der Waals surface area contributed by atoms with Gasteiger partial charge in [0, 0.05) is 12.0 Å². The predicted molar refractivity (Wildman–Crippen MR) is 48.0 cm³/mol. The molecule has 0 spiro atoms. The molecule has 0 fully saturated rings. The lowest BCUT2D eigenvalue weighted by Gasteiger charge is -2.27. The fourth-order valence-electron chi connectivity index (χ4n) is 1.09. The zero-order valence-electron chi connectivity index (χ0n) is 8.60. The van der Waals surface area contributed by atoms with Crippen LogP contribution >= 0.6 is 0 Å². The van der Waals surface area contributed by atoms with Gasteiger partial charge in [-0.15, -0.1) is 0 Å². The van der Waals surface area contributed by atoms with Crippen LogP contribution in [0.3, 0.4) is 0 Å². The number of Topliss-reactive ketones (excluding diaryl/α,β-unsaturated/α-hetero) is 1. The molecule has 0 aliphatic heterocycles. The number of hydrogen-bond donors (Lipinski definition) is 0. The molecule has 0 radical (unpaired) electrons. The summed E-state index contributed by atoms with van der Waals surface area (Å²) < 4.78 is 23.9. The summed E-state index contributed by atoms with van der Waals surface area (Å²) in [5.41, 5.74) is -0.538. The van der Waals surface area contributed by atoms with Crippen LogP contribution in [0.4, 0.5) is 8.78 Å². The molecule has 0 aliphatic rings. The Kier molecular flexibility index (Phi) is 4.47. The molecule has 0 N–H and O–H groups in total. The van der Waals surface area contributed by atoms with Crippen LogP contribution in [-0.2, 0) is 4.79 Å². The molecule has 78 valence electrons. The van der Waals surface area contributed by atoms with E-state index in [1.807, 2.05) is 0 Å². The van der Waals surface area contributed by atoms with Crippen molar-refractivity contribution in [3.8, 4) is 0 Å². The van der Waals surface area contributed by atoms with Crippen LogP contribution in [0, 0.1) is 5.41 Å². The number of nitrogens with zero attached hydrogens (tertiary/aromatic N) is 1. The largest absolute Gasteiger partial charge is 0.300 e. The van der Waals surface area contributed by atoms with Crippen LogP contribution in [0.5, 0.6) is 0 Å². The number of carbonyl (C=O) groups excluding carboxylic acids is 1. The van der Waals surface area contributed by atoms with Crippen LogP contribution in [0.1, 0.15) is 20.8 Å². The number of halogens is 2. The van der Waals surface area contributed by atoms with Gasteiger partial charge in [-0.1, -0.05) is 13.8 Å². The first kappa shape index (κ1) is 12.5. The maximum absolute atomic E-state index is 11.9. The van der Waals surface area contributed by atoms with E-state index in [-0.39, 0.29) is 12.3 Å². The third-order valence-corrected chi connectivity index (χ3v) is 2.07. The molecule has 0 unspecified atom stereocenters. The first-order chi connectivity index (χ1) is 5.75. The highest BCUT2D eigenvalue weighted by molar-refractivity contribution is 5.81. The minimum atomic E-state index is -2.34. The van der Waals surface area contributed by atoms with Gasteiger partial charge in [0.05, 0.1) is 6.54 Å². The van der Waals surface area contributed by atoms with Gasteiger partial charge < -0.3 is 0 Å². The highest BCUT2D eigenvalue weighted by Gasteiger charge is 2.26. The molecule has 0 aromatic carbocycles. The minimum absolute atomic E-state index is 0.0219. The van der Waals surface area contributed by atoms with Gasteiger partial charge in [0.2, 0.25) is 0 Å². The topological polar surface area (TPSA) is 20.3 Å². The Morgan fingerprint density at radius 1 is 1.46 bits per heavy atom. The third-order valence-electron chi connectivity index (χ3n) is 2.07. The smallest absolute Gasteiger partial charge is 0.251 e. The fraction of sp³-hybridized carbons (Fsp3) is 0.889. The van der Waals surface area contributed by atoms with Crippen molar-refractivity contribution in [2.45, 2.75) is 27.2 Å². The highest BCUT2D eigenvalue weighted by Crippen LogP contribution is 2.17. The Bertz CT molecular complexity index is 180. The summed E-state index contributed by atoms with van der Waals surface area (Å²) in [5.74, 6) is 0.0219. The lowest BCUT2D eigenvalue weighted by Crippen LogP contribution is -2.38. The van der Waals surface area contributed by atoms with Gasteiger partial charge in [-0.25, -0.2) is 8.78 Å². The molecule has 0 saturated carbocycles. The standard InChI is InChI=1S/C9H17F2NO/c1-7(13)9(2,3)6-12(4)5-8(10)11/h8H,5-6H2,1-4H3. The highest BCUT2D eigenvalue weighted by atomic mass is 19.3. The first-order valence-corrected chi connectivity index (χ1v) is 4.23. The summed E-state index contributed by atoms with van der Waals surface area (Å²) in [5, 5.41) is 0. The Balaban J connectivity index is 4.04. The monoisotopic (exact) mass is 193 g/mol. The minimum Gasteiger partial charge on any atom is -0.300 e. The third kappa shape index (κ3) is 4.93. The van der Waals surface area contributed by atoms with Gasteiger partial charge in [-0.2, -0.15) is 0 Å². The maximum Gasteiger partial charge on any atom is 0.251 e. The molecule has 0 aromatic heterocycles. The van der Waals surface area contributed by atoms with E-state index in [1.165, 1.54) is 11.8 Å². The quantitative estimate of drug-likeness (QED) is 0.663. The summed E-state index contributed by atoms with van der Waals surface area (Å²) >= 11 is 0. The lowest BCUT2D eigenvalue weighted by atomic mass is 9.88. The lowest BCUT2D eigenvalue weighted by molar-refractivity contribution is -0.125. The number of rotatable bonds is 5. The average molecular weight is 193 g/mol. The van der Waals surface area contributed by atoms with E-state index >= 15 is 0 Å². The summed E-state index contributed by atoms with van der Waals surface area (Å²) in [6, 6.07) is 0. The second kappa shape index (κ2) is 4.65. The Labute approximate surface area is 77.9 Å². The van der Waals surface area contributed by atoms with Crippen molar-refractivity contribution in [1.29, 1.82) is 0 Å². The molecule has 2 nitrogen and oxygen atoms in total. The van der Waals surface area contributed by atoms with Gasteiger partial charge >= 0.3 is 0 Å². The maximum atomic E-state index is 11.9. The van der Waals surface area contributed by atoms with E-state index in [9.17, 15) is 13.6 Å². The Hall–Kier alpha value is -0.510. The van der Waals surface area contributed by atoms with Crippen molar-refractivity contribution in [3.05, 3.63) is 0 Å². The summed E-state index contributed by atoms with van der Waals surface area (Å²) in [4.78, 5) is 12.6. The van der Waals surface area contributed by atoms with Gasteiger partial charge in [-0.3, -0.25) is 9.69 Å². The second-order valence-electron chi connectivity index (χ2n) is 4.03. The predicted octanol–water partition coefficient (Wildman–Crippen LogP) is 1.80. The number of carbonyl (C=O) groups is 1.